The number of amides is 1. The van der Waals surface area contributed by atoms with Gasteiger partial charge >= 0.3 is 0 Å². The van der Waals surface area contributed by atoms with Gasteiger partial charge in [-0.3, -0.25) is 4.79 Å². The maximum Gasteiger partial charge on any atom is 0.251 e. The molecule has 1 fully saturated rings. The Morgan fingerprint density at radius 3 is 2.56 bits per heavy atom. The van der Waals surface area contributed by atoms with Crippen LogP contribution in [0.25, 0.3) is 0 Å². The molecular formula is C13H16ClFN2O. The van der Waals surface area contributed by atoms with E-state index in [2.05, 4.69) is 5.32 Å². The van der Waals surface area contributed by atoms with Crippen molar-refractivity contribution in [1.82, 2.24) is 5.32 Å². The second kappa shape index (κ2) is 5.67. The zero-order chi connectivity index (χ0) is 13.1. The first-order chi connectivity index (χ1) is 8.54. The van der Waals surface area contributed by atoms with Crippen molar-refractivity contribution < 1.29 is 9.18 Å². The standard InChI is InChI=1S/C13H16ClFN2O/c14-9-5-8(6-10(15)7-9)13(18)17-12-3-1-11(16)2-4-12/h5-7,11-12H,1-4,16H2,(H,17,18). The van der Waals surface area contributed by atoms with Gasteiger partial charge in [-0.25, -0.2) is 4.39 Å². The molecule has 2 rings (SSSR count). The van der Waals surface area contributed by atoms with E-state index in [1.54, 1.807) is 0 Å². The van der Waals surface area contributed by atoms with Crippen molar-refractivity contribution in [3.63, 3.8) is 0 Å². The smallest absolute Gasteiger partial charge is 0.251 e. The summed E-state index contributed by atoms with van der Waals surface area (Å²) in [6.07, 6.45) is 3.57. The van der Waals surface area contributed by atoms with Crippen LogP contribution >= 0.6 is 11.6 Å². The number of rotatable bonds is 2. The minimum Gasteiger partial charge on any atom is -0.349 e. The number of carbonyl (C=O) groups is 1. The fourth-order valence-corrected chi connectivity index (χ4v) is 2.44. The molecule has 1 aliphatic carbocycles. The van der Waals surface area contributed by atoms with Crippen LogP contribution < -0.4 is 11.1 Å². The van der Waals surface area contributed by atoms with E-state index in [0.29, 0.717) is 0 Å². The lowest BCUT2D eigenvalue weighted by molar-refractivity contribution is 0.0925. The number of nitrogens with two attached hydrogens (primary N) is 1. The molecule has 5 heteroatoms. The SMILES string of the molecule is NC1CCC(NC(=O)c2cc(F)cc(Cl)c2)CC1. The van der Waals surface area contributed by atoms with E-state index in [9.17, 15) is 9.18 Å². The Labute approximate surface area is 111 Å². The third-order valence-electron chi connectivity index (χ3n) is 3.23. The van der Waals surface area contributed by atoms with Gasteiger partial charge in [-0.2, -0.15) is 0 Å². The molecule has 1 amide bonds. The summed E-state index contributed by atoms with van der Waals surface area (Å²) in [5.74, 6) is -0.782. The molecule has 0 bridgehead atoms. The minimum atomic E-state index is -0.502. The first-order valence-electron chi connectivity index (χ1n) is 6.07. The topological polar surface area (TPSA) is 55.1 Å². The van der Waals surface area contributed by atoms with Gasteiger partial charge in [-0.05, 0) is 43.9 Å². The van der Waals surface area contributed by atoms with Crippen molar-refractivity contribution in [3.8, 4) is 0 Å². The van der Waals surface area contributed by atoms with Gasteiger partial charge < -0.3 is 11.1 Å². The molecule has 3 N–H and O–H groups in total. The van der Waals surface area contributed by atoms with E-state index in [-0.39, 0.29) is 28.6 Å². The fraction of sp³-hybridized carbons (Fsp3) is 0.462. The number of nitrogens with one attached hydrogen (secondary N) is 1. The maximum atomic E-state index is 13.1. The van der Waals surface area contributed by atoms with Crippen molar-refractivity contribution in [2.24, 2.45) is 5.73 Å². The second-order valence-electron chi connectivity index (χ2n) is 4.74. The molecule has 0 aromatic heterocycles. The van der Waals surface area contributed by atoms with Crippen molar-refractivity contribution in [2.45, 2.75) is 37.8 Å². The van der Waals surface area contributed by atoms with Gasteiger partial charge in [0.15, 0.2) is 0 Å². The number of benzene rings is 1. The lowest BCUT2D eigenvalue weighted by Crippen LogP contribution is -2.40. The van der Waals surface area contributed by atoms with E-state index in [0.717, 1.165) is 25.7 Å². The summed E-state index contributed by atoms with van der Waals surface area (Å²) in [6.45, 7) is 0. The molecular weight excluding hydrogens is 255 g/mol. The average Bonchev–Trinajstić information content (AvgIpc) is 2.31. The van der Waals surface area contributed by atoms with Crippen LogP contribution in [0, 0.1) is 5.82 Å². The molecule has 1 aromatic rings. The molecule has 0 unspecified atom stereocenters. The van der Waals surface area contributed by atoms with Crippen LogP contribution in [0.2, 0.25) is 5.02 Å². The summed E-state index contributed by atoms with van der Waals surface area (Å²) in [5, 5.41) is 3.12. The van der Waals surface area contributed by atoms with Gasteiger partial charge in [0.1, 0.15) is 5.82 Å². The summed E-state index contributed by atoms with van der Waals surface area (Å²) in [7, 11) is 0. The molecule has 1 saturated carbocycles. The molecule has 0 atom stereocenters. The van der Waals surface area contributed by atoms with Gasteiger partial charge in [0.25, 0.3) is 5.91 Å². The Balaban J connectivity index is 1.99. The largest absolute Gasteiger partial charge is 0.349 e. The maximum absolute atomic E-state index is 13.1. The summed E-state index contributed by atoms with van der Waals surface area (Å²) in [6, 6.07) is 4.20. The minimum absolute atomic E-state index is 0.124. The molecule has 3 nitrogen and oxygen atoms in total. The van der Waals surface area contributed by atoms with E-state index in [1.165, 1.54) is 18.2 Å². The highest BCUT2D eigenvalue weighted by atomic mass is 35.5. The summed E-state index contributed by atoms with van der Waals surface area (Å²) >= 11 is 5.72. The van der Waals surface area contributed by atoms with Crippen LogP contribution in [0.3, 0.4) is 0 Å². The Morgan fingerprint density at radius 1 is 1.28 bits per heavy atom. The van der Waals surface area contributed by atoms with Crippen molar-refractivity contribution in [1.29, 1.82) is 0 Å². The molecule has 0 aliphatic heterocycles. The van der Waals surface area contributed by atoms with Crippen LogP contribution in [-0.4, -0.2) is 18.0 Å². The molecule has 0 spiro atoms. The first kappa shape index (κ1) is 13.3. The highest BCUT2D eigenvalue weighted by molar-refractivity contribution is 6.31. The molecule has 1 aliphatic rings. The van der Waals surface area contributed by atoms with Gasteiger partial charge in [0.2, 0.25) is 0 Å². The average molecular weight is 271 g/mol. The molecule has 18 heavy (non-hydrogen) atoms. The van der Waals surface area contributed by atoms with Crippen LogP contribution in [-0.2, 0) is 0 Å². The van der Waals surface area contributed by atoms with Crippen LogP contribution in [0.4, 0.5) is 4.39 Å². The fourth-order valence-electron chi connectivity index (χ4n) is 2.22. The van der Waals surface area contributed by atoms with E-state index < -0.39 is 5.82 Å². The molecule has 0 radical (unpaired) electrons. The van der Waals surface area contributed by atoms with Gasteiger partial charge in [0.05, 0.1) is 0 Å². The summed E-state index contributed by atoms with van der Waals surface area (Å²) in [5.41, 5.74) is 6.06. The van der Waals surface area contributed by atoms with Gasteiger partial charge in [0, 0.05) is 22.7 Å². The second-order valence-corrected chi connectivity index (χ2v) is 5.18. The summed E-state index contributed by atoms with van der Waals surface area (Å²) in [4.78, 5) is 11.9. The number of hydrogen-bond donors (Lipinski definition) is 2. The van der Waals surface area contributed by atoms with Crippen LogP contribution in [0.15, 0.2) is 18.2 Å². The predicted molar refractivity (Wildman–Crippen MR) is 69.1 cm³/mol. The molecule has 0 heterocycles. The third kappa shape index (κ3) is 3.43. The van der Waals surface area contributed by atoms with Crippen molar-refractivity contribution in [3.05, 3.63) is 34.6 Å². The third-order valence-corrected chi connectivity index (χ3v) is 3.45. The lowest BCUT2D eigenvalue weighted by Gasteiger charge is -2.26. The predicted octanol–water partition coefficient (Wildman–Crippen LogP) is 2.48. The highest BCUT2D eigenvalue weighted by Gasteiger charge is 2.20. The molecule has 98 valence electrons. The van der Waals surface area contributed by atoms with Crippen LogP contribution in [0.5, 0.6) is 0 Å². The number of carbonyl (C=O) groups excluding carboxylic acids is 1. The lowest BCUT2D eigenvalue weighted by atomic mass is 9.91. The molecule has 0 saturated heterocycles. The number of hydrogen-bond acceptors (Lipinski definition) is 2. The molecule has 1 aromatic carbocycles. The Kier molecular flexibility index (Phi) is 4.19. The van der Waals surface area contributed by atoms with Crippen LogP contribution in [0.1, 0.15) is 36.0 Å². The van der Waals surface area contributed by atoms with Gasteiger partial charge in [-0.1, -0.05) is 11.6 Å². The first-order valence-corrected chi connectivity index (χ1v) is 6.45. The Morgan fingerprint density at radius 2 is 1.94 bits per heavy atom. The highest BCUT2D eigenvalue weighted by Crippen LogP contribution is 2.18. The summed E-state index contributed by atoms with van der Waals surface area (Å²) < 4.78 is 13.1. The zero-order valence-corrected chi connectivity index (χ0v) is 10.7. The monoisotopic (exact) mass is 270 g/mol. The normalized spacial score (nSPS) is 23.7. The quantitative estimate of drug-likeness (QED) is 0.867. The zero-order valence-electron chi connectivity index (χ0n) is 9.96. The Bertz CT molecular complexity index is 424. The van der Waals surface area contributed by atoms with Gasteiger partial charge in [-0.15, -0.1) is 0 Å². The van der Waals surface area contributed by atoms with Crippen molar-refractivity contribution in [2.75, 3.05) is 0 Å². The van der Waals surface area contributed by atoms with E-state index >= 15 is 0 Å². The van der Waals surface area contributed by atoms with Crippen molar-refractivity contribution >= 4 is 17.5 Å². The van der Waals surface area contributed by atoms with E-state index in [4.69, 9.17) is 17.3 Å². The van der Waals surface area contributed by atoms with E-state index in [1.807, 2.05) is 0 Å². The Hall–Kier alpha value is -1.13. The number of halogens is 2.